The van der Waals surface area contributed by atoms with Gasteiger partial charge in [0.05, 0.1) is 6.54 Å². The van der Waals surface area contributed by atoms with Gasteiger partial charge in [0.2, 0.25) is 0 Å². The van der Waals surface area contributed by atoms with Gasteiger partial charge < -0.3 is 10.6 Å². The number of carbonyl (C=O) groups is 5. The van der Waals surface area contributed by atoms with Crippen LogP contribution < -0.4 is 10.6 Å². The van der Waals surface area contributed by atoms with Crippen molar-refractivity contribution in [1.82, 2.24) is 4.90 Å². The van der Waals surface area contributed by atoms with Crippen LogP contribution in [0.2, 0.25) is 0 Å². The van der Waals surface area contributed by atoms with Crippen molar-refractivity contribution in [2.45, 2.75) is 6.54 Å². The Morgan fingerprint density at radius 2 is 1.32 bits per heavy atom. The van der Waals surface area contributed by atoms with Gasteiger partial charge in [0.1, 0.15) is 10.7 Å². The van der Waals surface area contributed by atoms with Crippen molar-refractivity contribution in [2.75, 3.05) is 10.6 Å². The summed E-state index contributed by atoms with van der Waals surface area (Å²) < 4.78 is 0. The molecular weight excluding hydrogens is 542 g/mol. The first-order chi connectivity index (χ1) is 19.8. The van der Waals surface area contributed by atoms with E-state index in [0.717, 1.165) is 10.5 Å². The van der Waals surface area contributed by atoms with E-state index in [0.29, 0.717) is 22.5 Å². The van der Waals surface area contributed by atoms with Crippen molar-refractivity contribution >= 4 is 52.3 Å². The molecular formula is C32H20ClN3O5. The molecule has 1 aliphatic carbocycles. The van der Waals surface area contributed by atoms with Crippen LogP contribution in [0.3, 0.4) is 0 Å². The predicted octanol–water partition coefficient (Wildman–Crippen LogP) is 5.15. The van der Waals surface area contributed by atoms with Crippen LogP contribution >= 0.6 is 11.6 Å². The third-order valence-electron chi connectivity index (χ3n) is 6.87. The average Bonchev–Trinajstić information content (AvgIpc) is 3.19. The van der Waals surface area contributed by atoms with E-state index in [1.54, 1.807) is 60.7 Å². The number of carbonyl (C=O) groups excluding carboxylic acids is 5. The Morgan fingerprint density at radius 1 is 0.659 bits per heavy atom. The van der Waals surface area contributed by atoms with Gasteiger partial charge in [0.25, 0.3) is 17.7 Å². The van der Waals surface area contributed by atoms with E-state index in [1.807, 2.05) is 18.2 Å². The third kappa shape index (κ3) is 4.70. The number of benzene rings is 4. The van der Waals surface area contributed by atoms with E-state index in [4.69, 9.17) is 11.6 Å². The Balaban J connectivity index is 1.19. The van der Waals surface area contributed by atoms with E-state index in [1.165, 1.54) is 18.2 Å². The third-order valence-corrected chi connectivity index (χ3v) is 7.22. The standard InChI is InChI=1S/C32H20ClN3O5/c33-26-27(32(41)36(31(26)40)17-18-7-2-1-3-8-18)34-20-10-6-9-19(15-20)30(39)35-21-13-14-24-25(16-21)29(38)23-12-5-4-11-22(23)28(24)37/h1-16,34H,17H2,(H,35,39). The van der Waals surface area contributed by atoms with Crippen molar-refractivity contribution in [1.29, 1.82) is 0 Å². The SMILES string of the molecule is O=C(Nc1ccc2c(c1)C(=O)c1ccccc1C2=O)c1cccc(NC2=C(Cl)C(=O)N(Cc3ccccc3)C2=O)c1. The van der Waals surface area contributed by atoms with Crippen LogP contribution in [-0.4, -0.2) is 34.2 Å². The molecule has 0 aromatic heterocycles. The van der Waals surface area contributed by atoms with Crippen molar-refractivity contribution in [3.8, 4) is 0 Å². The van der Waals surface area contributed by atoms with E-state index in [2.05, 4.69) is 10.6 Å². The van der Waals surface area contributed by atoms with E-state index in [9.17, 15) is 24.0 Å². The molecule has 1 aliphatic heterocycles. The van der Waals surface area contributed by atoms with Gasteiger partial charge in [-0.3, -0.25) is 28.9 Å². The fraction of sp³-hybridized carbons (Fsp3) is 0.0312. The van der Waals surface area contributed by atoms with Gasteiger partial charge >= 0.3 is 0 Å². The smallest absolute Gasteiger partial charge is 0.279 e. The molecule has 0 saturated heterocycles. The summed E-state index contributed by atoms with van der Waals surface area (Å²) in [5, 5.41) is 5.39. The van der Waals surface area contributed by atoms with Crippen LogP contribution in [0.5, 0.6) is 0 Å². The topological polar surface area (TPSA) is 113 Å². The molecule has 0 bridgehead atoms. The number of nitrogens with zero attached hydrogens (tertiary/aromatic N) is 1. The van der Waals surface area contributed by atoms with Gasteiger partial charge in [-0.2, -0.15) is 0 Å². The highest BCUT2D eigenvalue weighted by atomic mass is 35.5. The van der Waals surface area contributed by atoms with Gasteiger partial charge in [0, 0.05) is 39.2 Å². The quantitative estimate of drug-likeness (QED) is 0.277. The van der Waals surface area contributed by atoms with Gasteiger partial charge in [0.15, 0.2) is 11.6 Å². The van der Waals surface area contributed by atoms with Crippen molar-refractivity contribution in [3.05, 3.63) is 141 Å². The maximum atomic E-state index is 13.1. The molecule has 9 heteroatoms. The molecule has 0 radical (unpaired) electrons. The largest absolute Gasteiger partial charge is 0.350 e. The average molecular weight is 562 g/mol. The highest BCUT2D eigenvalue weighted by Crippen LogP contribution is 2.30. The lowest BCUT2D eigenvalue weighted by atomic mass is 9.84. The molecule has 3 amide bonds. The molecule has 200 valence electrons. The van der Waals surface area contributed by atoms with Crippen LogP contribution in [0.25, 0.3) is 0 Å². The minimum Gasteiger partial charge on any atom is -0.350 e. The zero-order valence-electron chi connectivity index (χ0n) is 21.3. The number of fused-ring (bicyclic) bond motifs is 2. The second-order valence-electron chi connectivity index (χ2n) is 9.50. The highest BCUT2D eigenvalue weighted by Gasteiger charge is 2.38. The molecule has 8 nitrogen and oxygen atoms in total. The molecule has 0 spiro atoms. The molecule has 0 atom stereocenters. The number of hydrogen-bond donors (Lipinski definition) is 2. The lowest BCUT2D eigenvalue weighted by Crippen LogP contribution is -2.31. The van der Waals surface area contributed by atoms with E-state index in [-0.39, 0.29) is 45.5 Å². The summed E-state index contributed by atoms with van der Waals surface area (Å²) in [6.45, 7) is 0.0722. The van der Waals surface area contributed by atoms with Crippen LogP contribution in [0.4, 0.5) is 11.4 Å². The summed E-state index contributed by atoms with van der Waals surface area (Å²) in [6.07, 6.45) is 0. The molecule has 41 heavy (non-hydrogen) atoms. The first kappa shape index (κ1) is 25.9. The monoisotopic (exact) mass is 561 g/mol. The highest BCUT2D eigenvalue weighted by molar-refractivity contribution is 6.48. The molecule has 2 aliphatic rings. The van der Waals surface area contributed by atoms with Gasteiger partial charge in [-0.25, -0.2) is 0 Å². The van der Waals surface area contributed by atoms with E-state index >= 15 is 0 Å². The van der Waals surface area contributed by atoms with Gasteiger partial charge in [-0.1, -0.05) is 72.3 Å². The van der Waals surface area contributed by atoms with Crippen LogP contribution in [-0.2, 0) is 16.1 Å². The second kappa shape index (κ2) is 10.3. The molecule has 6 rings (SSSR count). The minimum atomic E-state index is -0.611. The maximum absolute atomic E-state index is 13.1. The molecule has 0 saturated carbocycles. The maximum Gasteiger partial charge on any atom is 0.279 e. The molecule has 0 fully saturated rings. The first-order valence-electron chi connectivity index (χ1n) is 12.6. The molecule has 4 aromatic rings. The molecule has 1 heterocycles. The number of nitrogens with one attached hydrogen (secondary N) is 2. The summed E-state index contributed by atoms with van der Waals surface area (Å²) in [4.78, 5) is 65.7. The minimum absolute atomic E-state index is 0.0722. The summed E-state index contributed by atoms with van der Waals surface area (Å²) in [7, 11) is 0. The van der Waals surface area contributed by atoms with Gasteiger partial charge in [-0.05, 0) is 42.0 Å². The zero-order chi connectivity index (χ0) is 28.7. The van der Waals surface area contributed by atoms with Crippen molar-refractivity contribution in [2.24, 2.45) is 0 Å². The first-order valence-corrected chi connectivity index (χ1v) is 13.0. The van der Waals surface area contributed by atoms with Crippen molar-refractivity contribution < 1.29 is 24.0 Å². The normalized spacial score (nSPS) is 14.2. The molecule has 2 N–H and O–H groups in total. The Hall–Kier alpha value is -5.34. The Kier molecular flexibility index (Phi) is 6.53. The Bertz CT molecular complexity index is 1830. The number of ketones is 2. The van der Waals surface area contributed by atoms with Crippen LogP contribution in [0, 0.1) is 0 Å². The van der Waals surface area contributed by atoms with E-state index < -0.39 is 17.7 Å². The summed E-state index contributed by atoms with van der Waals surface area (Å²) in [6, 6.07) is 26.6. The Labute approximate surface area is 239 Å². The number of halogens is 1. The van der Waals surface area contributed by atoms with Crippen LogP contribution in [0.1, 0.15) is 47.8 Å². The predicted molar refractivity (Wildman–Crippen MR) is 153 cm³/mol. The van der Waals surface area contributed by atoms with Crippen LogP contribution in [0.15, 0.2) is 108 Å². The summed E-state index contributed by atoms with van der Waals surface area (Å²) in [5.41, 5.74) is 2.82. The molecule has 4 aromatic carbocycles. The zero-order valence-corrected chi connectivity index (χ0v) is 22.1. The summed E-state index contributed by atoms with van der Waals surface area (Å²) >= 11 is 6.23. The molecule has 0 unspecified atom stereocenters. The number of anilines is 2. The number of imide groups is 1. The lowest BCUT2D eigenvalue weighted by Gasteiger charge is -2.18. The lowest BCUT2D eigenvalue weighted by molar-refractivity contribution is -0.138. The van der Waals surface area contributed by atoms with Crippen molar-refractivity contribution in [3.63, 3.8) is 0 Å². The fourth-order valence-electron chi connectivity index (χ4n) is 4.83. The number of rotatable bonds is 6. The number of hydrogen-bond acceptors (Lipinski definition) is 6. The second-order valence-corrected chi connectivity index (χ2v) is 9.87. The Morgan fingerprint density at radius 3 is 2.05 bits per heavy atom. The van der Waals surface area contributed by atoms with Gasteiger partial charge in [-0.15, -0.1) is 0 Å². The summed E-state index contributed by atoms with van der Waals surface area (Å²) in [5.74, 6) is -2.21. The fourth-order valence-corrected chi connectivity index (χ4v) is 5.06. The number of amides is 3.